The van der Waals surface area contributed by atoms with Gasteiger partial charge in [0.2, 0.25) is 5.69 Å². The first-order chi connectivity index (χ1) is 11.7. The van der Waals surface area contributed by atoms with Gasteiger partial charge in [0.25, 0.3) is 5.69 Å². The topological polar surface area (TPSA) is 83.5 Å². The van der Waals surface area contributed by atoms with Crippen molar-refractivity contribution in [3.8, 4) is 23.1 Å². The molecule has 1 aromatic heterocycles. The van der Waals surface area contributed by atoms with Gasteiger partial charge in [0, 0.05) is 17.8 Å². The quantitative estimate of drug-likeness (QED) is 0.693. The summed E-state index contributed by atoms with van der Waals surface area (Å²) in [6.07, 6.45) is 0. The Morgan fingerprint density at radius 1 is 1.00 bits per heavy atom. The molecule has 7 heteroatoms. The molecule has 1 heterocycles. The van der Waals surface area contributed by atoms with Gasteiger partial charge in [-0.15, -0.1) is 0 Å². The van der Waals surface area contributed by atoms with Crippen LogP contribution in [0.4, 0.5) is 5.69 Å². The van der Waals surface area contributed by atoms with Gasteiger partial charge in [-0.05, 0) is 41.1 Å². The minimum Gasteiger partial charge on any atom is -0.539 e. The zero-order chi connectivity index (χ0) is 16.9. The third-order valence-corrected chi connectivity index (χ3v) is 3.56. The van der Waals surface area contributed by atoms with Gasteiger partial charge in [-0.3, -0.25) is 0 Å². The fraction of sp³-hybridized carbons (Fsp3) is 0.176. The van der Waals surface area contributed by atoms with Gasteiger partial charge in [-0.2, -0.15) is 0 Å². The lowest BCUT2D eigenvalue weighted by Gasteiger charge is -2.06. The van der Waals surface area contributed by atoms with Gasteiger partial charge < -0.3 is 24.4 Å². The van der Waals surface area contributed by atoms with Crippen LogP contribution in [0.2, 0.25) is 0 Å². The summed E-state index contributed by atoms with van der Waals surface area (Å²) in [6, 6.07) is 14.6. The van der Waals surface area contributed by atoms with Crippen molar-refractivity contribution in [3.63, 3.8) is 0 Å². The van der Waals surface area contributed by atoms with Crippen molar-refractivity contribution in [1.82, 2.24) is 5.27 Å². The molecule has 0 unspecified atom stereocenters. The normalized spacial score (nSPS) is 10.4. The Morgan fingerprint density at radius 2 is 1.58 bits per heavy atom. The van der Waals surface area contributed by atoms with E-state index in [-0.39, 0.29) is 6.54 Å². The molecular formula is C17H17N3O4. The number of benzene rings is 2. The summed E-state index contributed by atoms with van der Waals surface area (Å²) in [7, 11) is 3.21. The van der Waals surface area contributed by atoms with Gasteiger partial charge in [0.1, 0.15) is 18.0 Å². The van der Waals surface area contributed by atoms with Gasteiger partial charge in [-0.1, -0.05) is 0 Å². The zero-order valence-electron chi connectivity index (χ0n) is 13.4. The molecule has 0 bridgehead atoms. The van der Waals surface area contributed by atoms with E-state index in [9.17, 15) is 5.11 Å². The molecule has 0 aliphatic carbocycles. The maximum absolute atomic E-state index is 11.9. The first kappa shape index (κ1) is 15.7. The molecule has 3 rings (SSSR count). The minimum atomic E-state index is -0.480. The lowest BCUT2D eigenvalue weighted by Crippen LogP contribution is -2.37. The van der Waals surface area contributed by atoms with E-state index in [1.165, 1.54) is 4.68 Å². The largest absolute Gasteiger partial charge is 0.539 e. The Hall–Kier alpha value is -3.22. The summed E-state index contributed by atoms with van der Waals surface area (Å²) in [5.74, 6) is 1.01. The second-order valence-corrected chi connectivity index (χ2v) is 5.00. The number of nitrogens with zero attached hydrogens (tertiary/aromatic N) is 2. The van der Waals surface area contributed by atoms with Crippen LogP contribution in [0.3, 0.4) is 0 Å². The molecule has 0 radical (unpaired) electrons. The van der Waals surface area contributed by atoms with Crippen LogP contribution in [0.25, 0.3) is 5.69 Å². The molecule has 124 valence electrons. The monoisotopic (exact) mass is 327 g/mol. The molecule has 0 aliphatic heterocycles. The number of rotatable bonds is 6. The number of hydrogen-bond acceptors (Lipinski definition) is 6. The fourth-order valence-electron chi connectivity index (χ4n) is 2.23. The summed E-state index contributed by atoms with van der Waals surface area (Å²) in [5.41, 5.74) is 1.97. The van der Waals surface area contributed by atoms with E-state index in [4.69, 9.17) is 14.0 Å². The van der Waals surface area contributed by atoms with Gasteiger partial charge in [0.05, 0.1) is 19.5 Å². The number of aromatic nitrogens is 2. The molecular weight excluding hydrogens is 310 g/mol. The molecule has 0 fully saturated rings. The molecule has 0 saturated carbocycles. The Morgan fingerprint density at radius 3 is 2.17 bits per heavy atom. The van der Waals surface area contributed by atoms with Crippen molar-refractivity contribution in [3.05, 3.63) is 54.2 Å². The highest BCUT2D eigenvalue weighted by molar-refractivity contribution is 5.46. The third kappa shape index (κ3) is 3.24. The summed E-state index contributed by atoms with van der Waals surface area (Å²) in [6.45, 7) is 0.278. The Bertz CT molecular complexity index is 798. The maximum atomic E-state index is 11.9. The summed E-state index contributed by atoms with van der Waals surface area (Å²) in [4.78, 5) is 0. The predicted molar refractivity (Wildman–Crippen MR) is 84.4 cm³/mol. The van der Waals surface area contributed by atoms with E-state index in [1.807, 2.05) is 24.3 Å². The standard InChI is InChI=1S/C17H17N3O4/c1-22-14-7-3-12(4-8-14)18-11-16-17(21)24-19-20(16)13-5-9-15(23-2)10-6-13/h3-10,18H,11H2,1-2H3. The van der Waals surface area contributed by atoms with Crippen molar-refractivity contribution in [1.29, 1.82) is 0 Å². The smallest absolute Gasteiger partial charge is 0.259 e. The van der Waals surface area contributed by atoms with Crippen LogP contribution in [-0.2, 0) is 6.54 Å². The molecule has 0 atom stereocenters. The van der Waals surface area contributed by atoms with Crippen molar-refractivity contribution in [2.75, 3.05) is 19.5 Å². The molecule has 3 aromatic rings. The van der Waals surface area contributed by atoms with E-state index in [0.29, 0.717) is 11.4 Å². The Kier molecular flexibility index (Phi) is 4.51. The van der Waals surface area contributed by atoms with Crippen LogP contribution in [0, 0.1) is 0 Å². The van der Waals surface area contributed by atoms with Crippen molar-refractivity contribution in [2.45, 2.75) is 6.54 Å². The van der Waals surface area contributed by atoms with Crippen LogP contribution in [-0.4, -0.2) is 19.5 Å². The zero-order valence-corrected chi connectivity index (χ0v) is 13.4. The van der Waals surface area contributed by atoms with Gasteiger partial charge in [0.15, 0.2) is 5.95 Å². The Labute approximate surface area is 139 Å². The molecule has 0 spiro atoms. The van der Waals surface area contributed by atoms with Crippen molar-refractivity contribution < 1.29 is 23.8 Å². The second kappa shape index (κ2) is 6.91. The second-order valence-electron chi connectivity index (χ2n) is 5.00. The molecule has 2 aromatic carbocycles. The summed E-state index contributed by atoms with van der Waals surface area (Å²) < 4.78 is 16.5. The van der Waals surface area contributed by atoms with Crippen LogP contribution in [0.5, 0.6) is 17.4 Å². The molecule has 0 amide bonds. The van der Waals surface area contributed by atoms with E-state index < -0.39 is 5.95 Å². The number of anilines is 1. The number of nitrogens with one attached hydrogen (secondary N) is 1. The lowest BCUT2D eigenvalue weighted by molar-refractivity contribution is -0.677. The highest BCUT2D eigenvalue weighted by atomic mass is 16.6. The van der Waals surface area contributed by atoms with E-state index in [2.05, 4.69) is 10.6 Å². The maximum Gasteiger partial charge on any atom is 0.259 e. The highest BCUT2D eigenvalue weighted by Gasteiger charge is 2.20. The van der Waals surface area contributed by atoms with Crippen molar-refractivity contribution >= 4 is 5.69 Å². The number of ether oxygens (including phenoxy) is 2. The average Bonchev–Trinajstić information content (AvgIpc) is 3.01. The molecule has 1 N–H and O–H groups in total. The third-order valence-electron chi connectivity index (χ3n) is 3.56. The van der Waals surface area contributed by atoms with Crippen LogP contribution >= 0.6 is 0 Å². The first-order valence-corrected chi connectivity index (χ1v) is 7.31. The van der Waals surface area contributed by atoms with Gasteiger partial charge in [-0.25, -0.2) is 0 Å². The van der Waals surface area contributed by atoms with E-state index in [1.54, 1.807) is 38.5 Å². The molecule has 0 saturated heterocycles. The van der Waals surface area contributed by atoms with Gasteiger partial charge >= 0.3 is 0 Å². The minimum absolute atomic E-state index is 0.278. The summed E-state index contributed by atoms with van der Waals surface area (Å²) >= 11 is 0. The predicted octanol–water partition coefficient (Wildman–Crippen LogP) is 1.65. The van der Waals surface area contributed by atoms with E-state index >= 15 is 0 Å². The average molecular weight is 327 g/mol. The number of methoxy groups -OCH3 is 2. The molecule has 0 aliphatic rings. The SMILES string of the molecule is COc1ccc(NCc2c([O-])on[n+]2-c2ccc(OC)cc2)cc1. The molecule has 24 heavy (non-hydrogen) atoms. The Balaban J connectivity index is 1.78. The number of hydrogen-bond donors (Lipinski definition) is 1. The van der Waals surface area contributed by atoms with E-state index in [0.717, 1.165) is 17.2 Å². The lowest BCUT2D eigenvalue weighted by atomic mass is 10.2. The fourth-order valence-corrected chi connectivity index (χ4v) is 2.23. The highest BCUT2D eigenvalue weighted by Crippen LogP contribution is 2.18. The molecule has 7 nitrogen and oxygen atoms in total. The van der Waals surface area contributed by atoms with Crippen LogP contribution in [0.1, 0.15) is 5.69 Å². The summed E-state index contributed by atoms with van der Waals surface area (Å²) in [5, 5.41) is 18.9. The van der Waals surface area contributed by atoms with Crippen LogP contribution in [0.15, 0.2) is 53.1 Å². The van der Waals surface area contributed by atoms with Crippen LogP contribution < -0.4 is 24.6 Å². The van der Waals surface area contributed by atoms with Crippen molar-refractivity contribution in [2.24, 2.45) is 0 Å². The first-order valence-electron chi connectivity index (χ1n) is 7.31.